The maximum atomic E-state index is 13.2. The van der Waals surface area contributed by atoms with E-state index >= 15 is 0 Å². The number of ketones is 1. The highest BCUT2D eigenvalue weighted by atomic mass is 35.5. The lowest BCUT2D eigenvalue weighted by Crippen LogP contribution is -2.16. The average molecular weight is 245 g/mol. The third-order valence-corrected chi connectivity index (χ3v) is 2.97. The number of halogens is 2. The largest absolute Gasteiger partial charge is 0.396 e. The van der Waals surface area contributed by atoms with Crippen LogP contribution in [0.15, 0.2) is 18.2 Å². The standard InChI is InChI=1S/C12H14ClFO2/c1-8(16)9(5-6-15)7-10-3-2-4-11(14)12(10)13/h2-4,9,15H,5-7H2,1H3. The van der Waals surface area contributed by atoms with Gasteiger partial charge >= 0.3 is 0 Å². The van der Waals surface area contributed by atoms with Crippen LogP contribution in [0.1, 0.15) is 18.9 Å². The molecule has 0 amide bonds. The van der Waals surface area contributed by atoms with Crippen molar-refractivity contribution in [2.45, 2.75) is 19.8 Å². The first-order chi connectivity index (χ1) is 7.56. The Labute approximate surface area is 99.0 Å². The Balaban J connectivity index is 2.85. The molecule has 0 saturated carbocycles. The molecule has 0 aromatic heterocycles. The van der Waals surface area contributed by atoms with Gasteiger partial charge < -0.3 is 5.11 Å². The summed E-state index contributed by atoms with van der Waals surface area (Å²) in [7, 11) is 0. The molecule has 0 bridgehead atoms. The molecule has 0 radical (unpaired) electrons. The van der Waals surface area contributed by atoms with Gasteiger partial charge in [-0.25, -0.2) is 4.39 Å². The molecule has 0 saturated heterocycles. The third-order valence-electron chi connectivity index (χ3n) is 2.55. The minimum Gasteiger partial charge on any atom is -0.396 e. The number of hydrogen-bond acceptors (Lipinski definition) is 2. The van der Waals surface area contributed by atoms with E-state index in [-0.39, 0.29) is 23.3 Å². The van der Waals surface area contributed by atoms with Gasteiger partial charge in [0.25, 0.3) is 0 Å². The van der Waals surface area contributed by atoms with Crippen LogP contribution in [0.2, 0.25) is 5.02 Å². The van der Waals surface area contributed by atoms with E-state index in [0.29, 0.717) is 18.4 Å². The quantitative estimate of drug-likeness (QED) is 0.865. The zero-order valence-corrected chi connectivity index (χ0v) is 9.80. The van der Waals surface area contributed by atoms with E-state index in [2.05, 4.69) is 0 Å². The van der Waals surface area contributed by atoms with E-state index in [1.807, 2.05) is 0 Å². The molecule has 0 aliphatic rings. The molecule has 0 spiro atoms. The van der Waals surface area contributed by atoms with Gasteiger partial charge in [0.15, 0.2) is 0 Å². The van der Waals surface area contributed by atoms with Gasteiger partial charge in [-0.2, -0.15) is 0 Å². The molecule has 1 aromatic carbocycles. The van der Waals surface area contributed by atoms with E-state index in [1.165, 1.54) is 13.0 Å². The van der Waals surface area contributed by atoms with Crippen LogP contribution in [0.5, 0.6) is 0 Å². The Morgan fingerprint density at radius 2 is 2.25 bits per heavy atom. The van der Waals surface area contributed by atoms with E-state index in [4.69, 9.17) is 16.7 Å². The van der Waals surface area contributed by atoms with Crippen molar-refractivity contribution in [2.24, 2.45) is 5.92 Å². The van der Waals surface area contributed by atoms with E-state index in [9.17, 15) is 9.18 Å². The Morgan fingerprint density at radius 1 is 1.56 bits per heavy atom. The molecule has 0 aliphatic heterocycles. The highest BCUT2D eigenvalue weighted by Crippen LogP contribution is 2.23. The zero-order valence-electron chi connectivity index (χ0n) is 9.04. The van der Waals surface area contributed by atoms with Gasteiger partial charge in [0.05, 0.1) is 5.02 Å². The van der Waals surface area contributed by atoms with Crippen molar-refractivity contribution in [1.29, 1.82) is 0 Å². The summed E-state index contributed by atoms with van der Waals surface area (Å²) in [6, 6.07) is 4.53. The van der Waals surface area contributed by atoms with Crippen LogP contribution in [0.3, 0.4) is 0 Å². The van der Waals surface area contributed by atoms with Crippen LogP contribution >= 0.6 is 11.6 Å². The highest BCUT2D eigenvalue weighted by Gasteiger charge is 2.16. The van der Waals surface area contributed by atoms with Gasteiger partial charge in [0.2, 0.25) is 0 Å². The number of carbonyl (C=O) groups excluding carboxylic acids is 1. The predicted molar refractivity (Wildman–Crippen MR) is 61.0 cm³/mol. The van der Waals surface area contributed by atoms with Gasteiger partial charge in [-0.05, 0) is 31.4 Å². The maximum absolute atomic E-state index is 13.2. The fourth-order valence-corrected chi connectivity index (χ4v) is 1.78. The Hall–Kier alpha value is -0.930. The summed E-state index contributed by atoms with van der Waals surface area (Å²) in [5.74, 6) is -0.802. The molecule has 0 heterocycles. The number of hydrogen-bond donors (Lipinski definition) is 1. The van der Waals surface area contributed by atoms with Crippen LogP contribution in [0.25, 0.3) is 0 Å². The van der Waals surface area contributed by atoms with E-state index in [0.717, 1.165) is 0 Å². The van der Waals surface area contributed by atoms with Gasteiger partial charge in [-0.15, -0.1) is 0 Å². The molecule has 1 N–H and O–H groups in total. The number of aliphatic hydroxyl groups excluding tert-OH is 1. The molecule has 4 heteroatoms. The van der Waals surface area contributed by atoms with E-state index < -0.39 is 5.82 Å². The number of aliphatic hydroxyl groups is 1. The molecule has 0 aliphatic carbocycles. The lowest BCUT2D eigenvalue weighted by atomic mass is 9.93. The van der Waals surface area contributed by atoms with Crippen LogP contribution in [0, 0.1) is 11.7 Å². The Kier molecular flexibility index (Phi) is 4.90. The Bertz CT molecular complexity index is 379. The highest BCUT2D eigenvalue weighted by molar-refractivity contribution is 6.31. The van der Waals surface area contributed by atoms with Crippen molar-refractivity contribution >= 4 is 17.4 Å². The van der Waals surface area contributed by atoms with Gasteiger partial charge in [0, 0.05) is 12.5 Å². The fourth-order valence-electron chi connectivity index (χ4n) is 1.58. The summed E-state index contributed by atoms with van der Waals surface area (Å²) in [5, 5.41) is 8.89. The first kappa shape index (κ1) is 13.1. The first-order valence-electron chi connectivity index (χ1n) is 5.10. The predicted octanol–water partition coefficient (Wildman–Crippen LogP) is 2.61. The number of carbonyl (C=O) groups is 1. The second kappa shape index (κ2) is 5.97. The maximum Gasteiger partial charge on any atom is 0.142 e. The first-order valence-corrected chi connectivity index (χ1v) is 5.48. The van der Waals surface area contributed by atoms with Crippen molar-refractivity contribution in [3.05, 3.63) is 34.6 Å². The topological polar surface area (TPSA) is 37.3 Å². The van der Waals surface area contributed by atoms with Crippen molar-refractivity contribution in [2.75, 3.05) is 6.61 Å². The van der Waals surface area contributed by atoms with E-state index in [1.54, 1.807) is 12.1 Å². The molecule has 0 fully saturated rings. The summed E-state index contributed by atoms with van der Waals surface area (Å²) in [5.41, 5.74) is 0.607. The zero-order chi connectivity index (χ0) is 12.1. The third kappa shape index (κ3) is 3.29. The molecular formula is C12H14ClFO2. The Morgan fingerprint density at radius 3 is 2.81 bits per heavy atom. The summed E-state index contributed by atoms with van der Waals surface area (Å²) >= 11 is 5.79. The summed E-state index contributed by atoms with van der Waals surface area (Å²) < 4.78 is 13.2. The number of rotatable bonds is 5. The second-order valence-corrected chi connectivity index (χ2v) is 4.11. The average Bonchev–Trinajstić information content (AvgIpc) is 2.23. The summed E-state index contributed by atoms with van der Waals surface area (Å²) in [6.07, 6.45) is 0.745. The molecular weight excluding hydrogens is 231 g/mol. The molecule has 88 valence electrons. The van der Waals surface area contributed by atoms with Crippen molar-refractivity contribution in [3.8, 4) is 0 Å². The smallest absolute Gasteiger partial charge is 0.142 e. The van der Waals surface area contributed by atoms with Crippen molar-refractivity contribution < 1.29 is 14.3 Å². The van der Waals surface area contributed by atoms with Crippen LogP contribution in [-0.4, -0.2) is 17.5 Å². The van der Waals surface area contributed by atoms with Crippen molar-refractivity contribution in [3.63, 3.8) is 0 Å². The van der Waals surface area contributed by atoms with Gasteiger partial charge in [-0.1, -0.05) is 23.7 Å². The van der Waals surface area contributed by atoms with Crippen LogP contribution < -0.4 is 0 Å². The molecule has 2 nitrogen and oxygen atoms in total. The number of Topliss-reactive ketones (excluding diaryl/α,β-unsaturated/α-hetero) is 1. The normalized spacial score (nSPS) is 12.5. The lowest BCUT2D eigenvalue weighted by molar-refractivity contribution is -0.121. The monoisotopic (exact) mass is 244 g/mol. The summed E-state index contributed by atoms with van der Waals surface area (Å²) in [6.45, 7) is 1.41. The number of benzene rings is 1. The summed E-state index contributed by atoms with van der Waals surface area (Å²) in [4.78, 5) is 11.3. The molecule has 16 heavy (non-hydrogen) atoms. The van der Waals surface area contributed by atoms with Crippen LogP contribution in [0.4, 0.5) is 4.39 Å². The molecule has 1 atom stereocenters. The molecule has 1 unspecified atom stereocenters. The van der Waals surface area contributed by atoms with Crippen molar-refractivity contribution in [1.82, 2.24) is 0 Å². The fraction of sp³-hybridized carbons (Fsp3) is 0.417. The molecule has 1 rings (SSSR count). The molecule has 1 aromatic rings. The van der Waals surface area contributed by atoms with Gasteiger partial charge in [-0.3, -0.25) is 4.79 Å². The minimum atomic E-state index is -0.481. The SMILES string of the molecule is CC(=O)C(CCO)Cc1cccc(F)c1Cl. The van der Waals surface area contributed by atoms with Gasteiger partial charge in [0.1, 0.15) is 11.6 Å². The lowest BCUT2D eigenvalue weighted by Gasteiger charge is -2.13. The second-order valence-electron chi connectivity index (χ2n) is 3.74. The minimum absolute atomic E-state index is 0.0191. The van der Waals surface area contributed by atoms with Crippen LogP contribution in [-0.2, 0) is 11.2 Å².